The first-order valence-corrected chi connectivity index (χ1v) is 19.3. The molecule has 0 N–H and O–H groups in total. The molecule has 3 heteroatoms. The molecule has 2 aliphatic heterocycles. The van der Waals surface area contributed by atoms with Gasteiger partial charge in [-0.3, -0.25) is 0 Å². The predicted octanol–water partition coefficient (Wildman–Crippen LogP) is 9.24. The average molecular weight is 705 g/mol. The van der Waals surface area contributed by atoms with Gasteiger partial charge in [-0.25, -0.2) is 0 Å². The molecule has 54 heavy (non-hydrogen) atoms. The molecule has 270 valence electrons. The van der Waals surface area contributed by atoms with E-state index < -0.39 is 6.15 Å². The van der Waals surface area contributed by atoms with Gasteiger partial charge >= 0.3 is 0 Å². The van der Waals surface area contributed by atoms with Crippen molar-refractivity contribution in [3.8, 4) is 0 Å². The minimum Gasteiger partial charge on any atom is -0.347 e. The van der Waals surface area contributed by atoms with Crippen LogP contribution in [0, 0.1) is 13.8 Å². The van der Waals surface area contributed by atoms with E-state index in [-0.39, 0.29) is 10.8 Å². The van der Waals surface area contributed by atoms with Crippen molar-refractivity contribution in [2.45, 2.75) is 52.4 Å². The summed E-state index contributed by atoms with van der Waals surface area (Å²) in [5.41, 5.74) is 16.2. The highest BCUT2D eigenvalue weighted by molar-refractivity contribution is 7.20. The first-order valence-electron chi connectivity index (χ1n) is 19.3. The number of likely N-dealkylation sites (N-methyl/N-ethyl adjacent to an activating group) is 1. The van der Waals surface area contributed by atoms with Crippen LogP contribution in [0.15, 0.2) is 182 Å². The van der Waals surface area contributed by atoms with E-state index in [0.29, 0.717) is 0 Å². The van der Waals surface area contributed by atoms with Crippen LogP contribution in [0.2, 0.25) is 0 Å². The number of fused-ring (bicyclic) bond motifs is 2. The summed E-state index contributed by atoms with van der Waals surface area (Å²) in [6.07, 6.45) is 5.51. The number of hydrogen-bond acceptors (Lipinski definition) is 1. The van der Waals surface area contributed by atoms with E-state index in [1.165, 1.54) is 66.9 Å². The maximum Gasteiger partial charge on any atom is 0.209 e. The van der Waals surface area contributed by atoms with E-state index >= 15 is 0 Å². The lowest BCUT2D eigenvalue weighted by Crippen LogP contribution is -2.75. The number of hydrogen-bond donors (Lipinski definition) is 0. The molecule has 6 aromatic rings. The smallest absolute Gasteiger partial charge is 0.209 e. The third kappa shape index (κ3) is 6.16. The molecule has 0 fully saturated rings. The Labute approximate surface area is 323 Å². The van der Waals surface area contributed by atoms with Crippen LogP contribution in [-0.2, 0) is 10.8 Å². The van der Waals surface area contributed by atoms with Crippen LogP contribution in [0.4, 0.5) is 11.4 Å². The van der Waals surface area contributed by atoms with Gasteiger partial charge in [-0.2, -0.15) is 26.4 Å². The summed E-state index contributed by atoms with van der Waals surface area (Å²) in [7, 11) is 4.34. The Balaban J connectivity index is 0.000000167. The fourth-order valence-electron chi connectivity index (χ4n) is 9.54. The van der Waals surface area contributed by atoms with Crippen molar-refractivity contribution in [2.75, 3.05) is 19.0 Å². The van der Waals surface area contributed by atoms with Gasteiger partial charge < -0.3 is 4.90 Å². The Morgan fingerprint density at radius 2 is 1.00 bits per heavy atom. The zero-order valence-electron chi connectivity index (χ0n) is 33.2. The average Bonchev–Trinajstić information content (AvgIpc) is 3.51. The number of aryl methyl sites for hydroxylation is 2. The first-order chi connectivity index (χ1) is 26.0. The van der Waals surface area contributed by atoms with Gasteiger partial charge in [0, 0.05) is 41.6 Å². The third-order valence-electron chi connectivity index (χ3n) is 12.3. The Morgan fingerprint density at radius 3 is 1.52 bits per heavy atom. The molecule has 0 aromatic heterocycles. The molecule has 2 heterocycles. The Hall–Kier alpha value is -5.67. The number of nitrogens with zero attached hydrogens (tertiary/aromatic N) is 2. The summed E-state index contributed by atoms with van der Waals surface area (Å²) < 4.78 is 2.32. The summed E-state index contributed by atoms with van der Waals surface area (Å²) >= 11 is 0. The second-order valence-corrected chi connectivity index (χ2v) is 16.1. The molecular weight excluding hydrogens is 651 g/mol. The second-order valence-electron chi connectivity index (χ2n) is 16.1. The second kappa shape index (κ2) is 14.6. The van der Waals surface area contributed by atoms with Gasteiger partial charge in [0.25, 0.3) is 0 Å². The highest BCUT2D eigenvalue weighted by Crippen LogP contribution is 2.46. The molecule has 8 rings (SSSR count). The highest BCUT2D eigenvalue weighted by atomic mass is 15.2. The summed E-state index contributed by atoms with van der Waals surface area (Å²) in [6, 6.07) is 57.1. The van der Waals surface area contributed by atoms with Gasteiger partial charge in [0.1, 0.15) is 13.2 Å². The SMILES string of the molecule is CN1/C(=C/C=C/C2=[N+](C)c3ccccc3C2(C)C)C(C)(C)c2ccccc21.Cc1ccccc1[B-](c1ccccc1)(c1ccccc1)c1ccccc1C. The monoisotopic (exact) mass is 704 g/mol. The topological polar surface area (TPSA) is 6.25 Å². The van der Waals surface area contributed by atoms with Gasteiger partial charge in [0.2, 0.25) is 5.69 Å². The van der Waals surface area contributed by atoms with Crippen molar-refractivity contribution in [1.82, 2.24) is 0 Å². The van der Waals surface area contributed by atoms with E-state index in [9.17, 15) is 0 Å². The van der Waals surface area contributed by atoms with Crippen LogP contribution in [-0.4, -0.2) is 30.5 Å². The first kappa shape index (κ1) is 36.7. The summed E-state index contributed by atoms with van der Waals surface area (Å²) in [5.74, 6) is 0. The lowest BCUT2D eigenvalue weighted by molar-refractivity contribution is -0.401. The van der Waals surface area contributed by atoms with Crippen molar-refractivity contribution < 1.29 is 4.58 Å². The zero-order valence-corrected chi connectivity index (χ0v) is 33.2. The number of rotatable bonds is 6. The van der Waals surface area contributed by atoms with Gasteiger partial charge in [-0.05, 0) is 45.4 Å². The van der Waals surface area contributed by atoms with Crippen LogP contribution in [0.25, 0.3) is 0 Å². The molecule has 2 nitrogen and oxygen atoms in total. The minimum atomic E-state index is -1.27. The van der Waals surface area contributed by atoms with Crippen LogP contribution >= 0.6 is 0 Å². The maximum atomic E-state index is 2.32. The number of allylic oxidation sites excluding steroid dienone is 4. The fourth-order valence-corrected chi connectivity index (χ4v) is 9.54. The van der Waals surface area contributed by atoms with Crippen LogP contribution in [0.5, 0.6) is 0 Å². The number of para-hydroxylation sites is 2. The molecule has 0 saturated carbocycles. The van der Waals surface area contributed by atoms with Crippen LogP contribution in [0.3, 0.4) is 0 Å². The van der Waals surface area contributed by atoms with E-state index in [1.807, 2.05) is 0 Å². The number of benzene rings is 6. The molecule has 0 atom stereocenters. The van der Waals surface area contributed by atoms with E-state index in [4.69, 9.17) is 0 Å². The molecule has 0 radical (unpaired) electrons. The number of anilines is 1. The van der Waals surface area contributed by atoms with Crippen LogP contribution < -0.4 is 26.8 Å². The largest absolute Gasteiger partial charge is 0.347 e. The van der Waals surface area contributed by atoms with Crippen molar-refractivity contribution in [2.24, 2.45) is 0 Å². The quantitative estimate of drug-likeness (QED) is 0.124. The molecule has 0 aliphatic carbocycles. The van der Waals surface area contributed by atoms with Crippen molar-refractivity contribution >= 4 is 45.1 Å². The van der Waals surface area contributed by atoms with Crippen LogP contribution in [0.1, 0.15) is 49.9 Å². The lowest BCUT2D eigenvalue weighted by atomic mass is 9.12. The summed E-state index contributed by atoms with van der Waals surface area (Å²) in [6.45, 7) is 13.7. The molecule has 0 unspecified atom stereocenters. The molecule has 0 amide bonds. The molecular formula is C51H53BN2. The third-order valence-corrected chi connectivity index (χ3v) is 12.3. The standard InChI is InChI=1S/C26H24B.C25H29N2/c1-21-13-9-11-19-25(21)27(23-15-5-3-6-16-23,24-17-7-4-8-18-24)26-20-12-10-14-22(26)2;1-24(2)18-12-7-9-14-20(18)26(5)22(24)16-11-17-23-25(3,4)19-13-8-10-15-21(19)27(23)6/h3-20H,1-2H3;7-17H,1-6H3/q-1;+1. The molecule has 6 aromatic carbocycles. The van der Waals surface area contributed by atoms with Crippen molar-refractivity contribution in [3.05, 3.63) is 204 Å². The molecule has 2 aliphatic rings. The molecule has 0 bridgehead atoms. The Kier molecular flexibility index (Phi) is 9.94. The summed E-state index contributed by atoms with van der Waals surface area (Å²) in [4.78, 5) is 2.32. The van der Waals surface area contributed by atoms with Gasteiger partial charge in [0.15, 0.2) is 5.71 Å². The van der Waals surface area contributed by atoms with Gasteiger partial charge in [0.05, 0.1) is 5.41 Å². The fraction of sp³-hybridized carbons (Fsp3) is 0.196. The maximum absolute atomic E-state index is 2.32. The minimum absolute atomic E-state index is 0.0143. The van der Waals surface area contributed by atoms with E-state index in [0.717, 1.165) is 0 Å². The van der Waals surface area contributed by atoms with E-state index in [2.05, 4.69) is 241 Å². The Bertz CT molecular complexity index is 2290. The lowest BCUT2D eigenvalue weighted by Gasteiger charge is -2.46. The van der Waals surface area contributed by atoms with Crippen molar-refractivity contribution in [3.63, 3.8) is 0 Å². The van der Waals surface area contributed by atoms with E-state index in [1.54, 1.807) is 0 Å². The normalized spacial score (nSPS) is 16.3. The van der Waals surface area contributed by atoms with Gasteiger partial charge in [-0.15, -0.1) is 0 Å². The van der Waals surface area contributed by atoms with Gasteiger partial charge in [-0.1, -0.05) is 177 Å². The zero-order chi connectivity index (χ0) is 38.1. The summed E-state index contributed by atoms with van der Waals surface area (Å²) in [5, 5.41) is 0. The van der Waals surface area contributed by atoms with Crippen molar-refractivity contribution in [1.29, 1.82) is 0 Å². The molecule has 0 saturated heterocycles. The molecule has 0 spiro atoms. The highest BCUT2D eigenvalue weighted by Gasteiger charge is 2.43. The predicted molar refractivity (Wildman–Crippen MR) is 235 cm³/mol. The Morgan fingerprint density at radius 1 is 0.537 bits per heavy atom.